The van der Waals surface area contributed by atoms with Crippen molar-refractivity contribution in [2.75, 3.05) is 26.0 Å². The van der Waals surface area contributed by atoms with Gasteiger partial charge in [0.05, 0.1) is 22.7 Å². The van der Waals surface area contributed by atoms with Crippen LogP contribution in [0.15, 0.2) is 58.5 Å². The van der Waals surface area contributed by atoms with Crippen LogP contribution in [0.3, 0.4) is 0 Å². The molecule has 2 aromatic carbocycles. The van der Waals surface area contributed by atoms with E-state index in [0.29, 0.717) is 47.3 Å². The Morgan fingerprint density at radius 2 is 2.00 bits per heavy atom. The number of nitrogens with zero attached hydrogens (tertiary/aromatic N) is 3. The van der Waals surface area contributed by atoms with Gasteiger partial charge in [0.2, 0.25) is 5.91 Å². The standard InChI is InChI=1S/C24H28ClN3O3S/c1-4-31-14-8-13-28-23(30)20-12-11-19(25)15-21(20)26-24(28)32-16-22(29)27(3)17(2)18-9-6-5-7-10-18/h5-7,9-12,15,17H,4,8,13-14,16H2,1-3H3/t17-/m0/s1. The smallest absolute Gasteiger partial charge is 0.262 e. The number of carbonyl (C=O) groups is 1. The molecule has 0 unspecified atom stereocenters. The fraction of sp³-hybridized carbons (Fsp3) is 0.375. The Labute approximate surface area is 197 Å². The zero-order valence-corrected chi connectivity index (χ0v) is 20.2. The molecule has 0 bridgehead atoms. The van der Waals surface area contributed by atoms with E-state index < -0.39 is 0 Å². The van der Waals surface area contributed by atoms with Crippen LogP contribution in [0.5, 0.6) is 0 Å². The number of fused-ring (bicyclic) bond motifs is 1. The summed E-state index contributed by atoms with van der Waals surface area (Å²) < 4.78 is 7.05. The van der Waals surface area contributed by atoms with Crippen LogP contribution in [0.25, 0.3) is 10.9 Å². The van der Waals surface area contributed by atoms with Crippen molar-refractivity contribution in [3.05, 3.63) is 69.5 Å². The first-order valence-electron chi connectivity index (χ1n) is 10.6. The van der Waals surface area contributed by atoms with Gasteiger partial charge in [0.15, 0.2) is 5.16 Å². The Hall–Kier alpha value is -2.35. The lowest BCUT2D eigenvalue weighted by Gasteiger charge is -2.25. The molecule has 0 aliphatic carbocycles. The highest BCUT2D eigenvalue weighted by atomic mass is 35.5. The van der Waals surface area contributed by atoms with E-state index in [1.54, 1.807) is 34.7 Å². The van der Waals surface area contributed by atoms with Gasteiger partial charge in [-0.15, -0.1) is 0 Å². The molecule has 32 heavy (non-hydrogen) atoms. The minimum Gasteiger partial charge on any atom is -0.382 e. The van der Waals surface area contributed by atoms with Crippen molar-refractivity contribution in [1.29, 1.82) is 0 Å². The van der Waals surface area contributed by atoms with Gasteiger partial charge in [-0.05, 0) is 44.0 Å². The first-order valence-corrected chi connectivity index (χ1v) is 12.0. The number of rotatable bonds is 10. The van der Waals surface area contributed by atoms with Crippen LogP contribution in [-0.4, -0.2) is 46.4 Å². The number of hydrogen-bond acceptors (Lipinski definition) is 5. The molecule has 170 valence electrons. The largest absolute Gasteiger partial charge is 0.382 e. The van der Waals surface area contributed by atoms with Crippen LogP contribution < -0.4 is 5.56 Å². The Morgan fingerprint density at radius 1 is 1.25 bits per heavy atom. The molecule has 1 atom stereocenters. The fourth-order valence-electron chi connectivity index (χ4n) is 3.35. The molecule has 0 spiro atoms. The minimum absolute atomic E-state index is 0.0346. The highest BCUT2D eigenvalue weighted by Crippen LogP contribution is 2.23. The predicted molar refractivity (Wildman–Crippen MR) is 130 cm³/mol. The van der Waals surface area contributed by atoms with E-state index in [1.165, 1.54) is 11.8 Å². The number of carbonyl (C=O) groups excluding carboxylic acids is 1. The van der Waals surface area contributed by atoms with Crippen molar-refractivity contribution in [1.82, 2.24) is 14.5 Å². The average Bonchev–Trinajstić information content (AvgIpc) is 2.81. The molecule has 1 amide bonds. The second kappa shape index (κ2) is 11.5. The van der Waals surface area contributed by atoms with Gasteiger partial charge < -0.3 is 9.64 Å². The normalized spacial score (nSPS) is 12.1. The molecule has 0 N–H and O–H groups in total. The van der Waals surface area contributed by atoms with Gasteiger partial charge in [0.1, 0.15) is 0 Å². The zero-order chi connectivity index (χ0) is 23.1. The Bertz CT molecular complexity index is 1120. The number of benzene rings is 2. The lowest BCUT2D eigenvalue weighted by Crippen LogP contribution is -2.31. The number of halogens is 1. The number of amides is 1. The van der Waals surface area contributed by atoms with Crippen LogP contribution >= 0.6 is 23.4 Å². The number of ether oxygens (including phenoxy) is 1. The maximum atomic E-state index is 13.1. The second-order valence-corrected chi connectivity index (χ2v) is 8.82. The second-order valence-electron chi connectivity index (χ2n) is 7.44. The summed E-state index contributed by atoms with van der Waals surface area (Å²) >= 11 is 7.38. The van der Waals surface area contributed by atoms with E-state index in [9.17, 15) is 9.59 Å². The molecule has 3 aromatic rings. The lowest BCUT2D eigenvalue weighted by molar-refractivity contribution is -0.128. The maximum Gasteiger partial charge on any atom is 0.262 e. The van der Waals surface area contributed by atoms with Gasteiger partial charge in [0.25, 0.3) is 5.56 Å². The van der Waals surface area contributed by atoms with Crippen molar-refractivity contribution < 1.29 is 9.53 Å². The molecule has 6 nitrogen and oxygen atoms in total. The predicted octanol–water partition coefficient (Wildman–Crippen LogP) is 4.79. The summed E-state index contributed by atoms with van der Waals surface area (Å²) in [6.45, 7) is 5.59. The lowest BCUT2D eigenvalue weighted by atomic mass is 10.1. The molecule has 0 radical (unpaired) electrons. The molecule has 1 aromatic heterocycles. The summed E-state index contributed by atoms with van der Waals surface area (Å²) in [6.07, 6.45) is 0.682. The van der Waals surface area contributed by atoms with Crippen LogP contribution in [0, 0.1) is 0 Å². The molecule has 0 aliphatic heterocycles. The van der Waals surface area contributed by atoms with E-state index in [2.05, 4.69) is 4.98 Å². The molecular formula is C24H28ClN3O3S. The summed E-state index contributed by atoms with van der Waals surface area (Å²) in [5.74, 6) is 0.144. The fourth-order valence-corrected chi connectivity index (χ4v) is 4.46. The third kappa shape index (κ3) is 5.91. The van der Waals surface area contributed by atoms with Crippen LogP contribution in [0.2, 0.25) is 5.02 Å². The molecule has 8 heteroatoms. The van der Waals surface area contributed by atoms with Crippen LogP contribution in [0.1, 0.15) is 31.9 Å². The third-order valence-corrected chi connectivity index (χ3v) is 6.53. The van der Waals surface area contributed by atoms with Gasteiger partial charge in [-0.2, -0.15) is 0 Å². The maximum absolute atomic E-state index is 13.1. The monoisotopic (exact) mass is 473 g/mol. The Balaban J connectivity index is 1.81. The molecule has 3 rings (SSSR count). The Kier molecular flexibility index (Phi) is 8.73. The van der Waals surface area contributed by atoms with Crippen molar-refractivity contribution >= 4 is 40.2 Å². The van der Waals surface area contributed by atoms with Crippen molar-refractivity contribution in [3.63, 3.8) is 0 Å². The van der Waals surface area contributed by atoms with Crippen molar-refractivity contribution in [2.24, 2.45) is 0 Å². The SMILES string of the molecule is CCOCCCn1c(SCC(=O)N(C)[C@@H](C)c2ccccc2)nc2cc(Cl)ccc2c1=O. The summed E-state index contributed by atoms with van der Waals surface area (Å²) in [7, 11) is 1.79. The van der Waals surface area contributed by atoms with Gasteiger partial charge in [-0.25, -0.2) is 4.98 Å². The Morgan fingerprint density at radius 3 is 2.72 bits per heavy atom. The summed E-state index contributed by atoms with van der Waals surface area (Å²) in [6, 6.07) is 14.9. The zero-order valence-electron chi connectivity index (χ0n) is 18.6. The van der Waals surface area contributed by atoms with E-state index >= 15 is 0 Å². The molecule has 1 heterocycles. The highest BCUT2D eigenvalue weighted by Gasteiger charge is 2.19. The number of thioether (sulfide) groups is 1. The van der Waals surface area contributed by atoms with Gasteiger partial charge in [-0.3, -0.25) is 14.2 Å². The van der Waals surface area contributed by atoms with E-state index in [0.717, 1.165) is 5.56 Å². The quantitative estimate of drug-likeness (QED) is 0.241. The minimum atomic E-state index is -0.135. The first kappa shape index (κ1) is 24.3. The summed E-state index contributed by atoms with van der Waals surface area (Å²) in [4.78, 5) is 32.4. The van der Waals surface area contributed by atoms with E-state index in [1.807, 2.05) is 44.2 Å². The van der Waals surface area contributed by atoms with Crippen molar-refractivity contribution in [3.8, 4) is 0 Å². The third-order valence-electron chi connectivity index (χ3n) is 5.34. The topological polar surface area (TPSA) is 64.4 Å². The summed E-state index contributed by atoms with van der Waals surface area (Å²) in [5, 5.41) is 1.54. The van der Waals surface area contributed by atoms with Crippen LogP contribution in [0.4, 0.5) is 0 Å². The number of hydrogen-bond donors (Lipinski definition) is 0. The molecule has 0 saturated carbocycles. The first-order chi connectivity index (χ1) is 15.4. The molecule has 0 fully saturated rings. The van der Waals surface area contributed by atoms with E-state index in [4.69, 9.17) is 16.3 Å². The van der Waals surface area contributed by atoms with Crippen molar-refractivity contribution in [2.45, 2.75) is 38.0 Å². The van der Waals surface area contributed by atoms with E-state index in [-0.39, 0.29) is 23.3 Å². The summed E-state index contributed by atoms with van der Waals surface area (Å²) in [5.41, 5.74) is 1.47. The van der Waals surface area contributed by atoms with Gasteiger partial charge in [0, 0.05) is 31.8 Å². The molecule has 0 aliphatic rings. The van der Waals surface area contributed by atoms with Gasteiger partial charge >= 0.3 is 0 Å². The molecule has 0 saturated heterocycles. The number of aromatic nitrogens is 2. The molecular weight excluding hydrogens is 446 g/mol. The highest BCUT2D eigenvalue weighted by molar-refractivity contribution is 7.99. The van der Waals surface area contributed by atoms with Gasteiger partial charge in [-0.1, -0.05) is 53.7 Å². The average molecular weight is 474 g/mol. The van der Waals surface area contributed by atoms with Crippen LogP contribution in [-0.2, 0) is 16.1 Å².